The first-order valence-corrected chi connectivity index (χ1v) is 11.5. The number of ether oxygens (including phenoxy) is 5. The first kappa shape index (κ1) is 25.0. The van der Waals surface area contributed by atoms with E-state index in [1.165, 1.54) is 7.11 Å². The number of methoxy groups -OCH3 is 1. The SMILES string of the molecule is CO[C@H]1O[C@H](C(=O)O)[C@@H](OCc2ccccc2)[C@H](OCc2ccccc2)[C@@H]1OCc1ccccc1. The summed E-state index contributed by atoms with van der Waals surface area (Å²) < 4.78 is 30.0. The number of hydrogen-bond donors (Lipinski definition) is 1. The molecular formula is C28H30O7. The van der Waals surface area contributed by atoms with Crippen LogP contribution in [0.5, 0.6) is 0 Å². The molecule has 1 N–H and O–H groups in total. The zero-order chi connectivity index (χ0) is 24.5. The monoisotopic (exact) mass is 478 g/mol. The van der Waals surface area contributed by atoms with E-state index in [0.29, 0.717) is 0 Å². The second-order valence-corrected chi connectivity index (χ2v) is 8.28. The van der Waals surface area contributed by atoms with Crippen molar-refractivity contribution in [1.29, 1.82) is 0 Å². The summed E-state index contributed by atoms with van der Waals surface area (Å²) in [6.45, 7) is 0.737. The Morgan fingerprint density at radius 3 is 1.49 bits per heavy atom. The largest absolute Gasteiger partial charge is 0.479 e. The first-order valence-electron chi connectivity index (χ1n) is 11.5. The van der Waals surface area contributed by atoms with Gasteiger partial charge in [0, 0.05) is 7.11 Å². The molecule has 0 aromatic heterocycles. The fourth-order valence-corrected chi connectivity index (χ4v) is 4.05. The molecule has 7 nitrogen and oxygen atoms in total. The van der Waals surface area contributed by atoms with Gasteiger partial charge in [0.2, 0.25) is 0 Å². The minimum absolute atomic E-state index is 0.201. The molecule has 5 atom stereocenters. The van der Waals surface area contributed by atoms with Crippen molar-refractivity contribution >= 4 is 5.97 Å². The Balaban J connectivity index is 1.60. The Hall–Kier alpha value is -3.07. The molecule has 0 amide bonds. The van der Waals surface area contributed by atoms with Gasteiger partial charge in [-0.2, -0.15) is 0 Å². The maximum absolute atomic E-state index is 12.2. The van der Waals surface area contributed by atoms with E-state index >= 15 is 0 Å². The van der Waals surface area contributed by atoms with Crippen LogP contribution in [-0.4, -0.2) is 48.9 Å². The Labute approximate surface area is 205 Å². The van der Waals surface area contributed by atoms with Crippen LogP contribution in [0.15, 0.2) is 91.0 Å². The lowest BCUT2D eigenvalue weighted by molar-refractivity contribution is -0.314. The number of hydrogen-bond acceptors (Lipinski definition) is 6. The minimum atomic E-state index is -1.29. The van der Waals surface area contributed by atoms with E-state index in [-0.39, 0.29) is 19.8 Å². The Kier molecular flexibility index (Phi) is 9.00. The molecule has 184 valence electrons. The molecule has 1 heterocycles. The predicted molar refractivity (Wildman–Crippen MR) is 128 cm³/mol. The summed E-state index contributed by atoms with van der Waals surface area (Å²) in [6, 6.07) is 28.9. The molecule has 3 aromatic carbocycles. The quantitative estimate of drug-likeness (QED) is 0.442. The number of rotatable bonds is 11. The Morgan fingerprint density at radius 2 is 1.09 bits per heavy atom. The Bertz CT molecular complexity index is 1030. The van der Waals surface area contributed by atoms with Gasteiger partial charge >= 0.3 is 5.97 Å². The fraction of sp³-hybridized carbons (Fsp3) is 0.321. The van der Waals surface area contributed by atoms with Crippen molar-refractivity contribution in [3.63, 3.8) is 0 Å². The van der Waals surface area contributed by atoms with Crippen LogP contribution in [0.3, 0.4) is 0 Å². The summed E-state index contributed by atoms with van der Waals surface area (Å²) in [5.41, 5.74) is 2.82. The molecule has 0 bridgehead atoms. The van der Waals surface area contributed by atoms with Gasteiger partial charge in [-0.1, -0.05) is 91.0 Å². The molecule has 0 unspecified atom stereocenters. The van der Waals surface area contributed by atoms with Crippen molar-refractivity contribution in [2.24, 2.45) is 0 Å². The maximum Gasteiger partial charge on any atom is 0.335 e. The topological polar surface area (TPSA) is 83.5 Å². The summed E-state index contributed by atoms with van der Waals surface area (Å²) in [4.78, 5) is 12.2. The molecule has 35 heavy (non-hydrogen) atoms. The molecule has 1 fully saturated rings. The predicted octanol–water partition coefficient (Wildman–Crippen LogP) is 4.20. The molecule has 1 saturated heterocycles. The highest BCUT2D eigenvalue weighted by atomic mass is 16.7. The van der Waals surface area contributed by atoms with Crippen LogP contribution in [0.25, 0.3) is 0 Å². The molecular weight excluding hydrogens is 448 g/mol. The van der Waals surface area contributed by atoms with Crippen LogP contribution < -0.4 is 0 Å². The van der Waals surface area contributed by atoms with Gasteiger partial charge in [-0.25, -0.2) is 4.79 Å². The summed E-state index contributed by atoms with van der Waals surface area (Å²) >= 11 is 0. The maximum atomic E-state index is 12.2. The second kappa shape index (κ2) is 12.6. The summed E-state index contributed by atoms with van der Waals surface area (Å²) in [5, 5.41) is 9.96. The van der Waals surface area contributed by atoms with Crippen molar-refractivity contribution in [2.75, 3.05) is 7.11 Å². The highest BCUT2D eigenvalue weighted by Gasteiger charge is 2.51. The van der Waals surface area contributed by atoms with E-state index in [9.17, 15) is 9.90 Å². The molecule has 0 aliphatic carbocycles. The van der Waals surface area contributed by atoms with Crippen LogP contribution >= 0.6 is 0 Å². The molecule has 0 radical (unpaired) electrons. The summed E-state index contributed by atoms with van der Waals surface area (Å²) in [6.07, 6.45) is -4.65. The van der Waals surface area contributed by atoms with Crippen LogP contribution in [0.1, 0.15) is 16.7 Å². The summed E-state index contributed by atoms with van der Waals surface area (Å²) in [7, 11) is 1.46. The number of carboxylic acids is 1. The molecule has 7 heteroatoms. The smallest absolute Gasteiger partial charge is 0.335 e. The van der Waals surface area contributed by atoms with E-state index in [4.69, 9.17) is 23.7 Å². The Morgan fingerprint density at radius 1 is 0.686 bits per heavy atom. The van der Waals surface area contributed by atoms with Crippen LogP contribution in [0.2, 0.25) is 0 Å². The third-order valence-electron chi connectivity index (χ3n) is 5.83. The molecule has 1 aliphatic heterocycles. The van der Waals surface area contributed by atoms with Crippen molar-refractivity contribution in [1.82, 2.24) is 0 Å². The molecule has 1 aliphatic rings. The van der Waals surface area contributed by atoms with Crippen molar-refractivity contribution in [3.8, 4) is 0 Å². The number of aliphatic carboxylic acids is 1. The lowest BCUT2D eigenvalue weighted by Gasteiger charge is -2.44. The average Bonchev–Trinajstić information content (AvgIpc) is 2.91. The third-order valence-corrected chi connectivity index (χ3v) is 5.83. The zero-order valence-corrected chi connectivity index (χ0v) is 19.6. The van der Waals surface area contributed by atoms with Crippen LogP contribution in [0, 0.1) is 0 Å². The van der Waals surface area contributed by atoms with Crippen LogP contribution in [0.4, 0.5) is 0 Å². The third kappa shape index (κ3) is 6.75. The molecule has 0 saturated carbocycles. The zero-order valence-electron chi connectivity index (χ0n) is 19.6. The molecule has 3 aromatic rings. The average molecular weight is 479 g/mol. The minimum Gasteiger partial charge on any atom is -0.479 e. The number of carboxylic acid groups (broad SMARTS) is 1. The van der Waals surface area contributed by atoms with E-state index in [1.54, 1.807) is 0 Å². The first-order chi connectivity index (χ1) is 17.2. The lowest BCUT2D eigenvalue weighted by atomic mass is 9.97. The molecule has 4 rings (SSSR count). The van der Waals surface area contributed by atoms with E-state index in [2.05, 4.69) is 0 Å². The van der Waals surface area contributed by atoms with E-state index in [1.807, 2.05) is 91.0 Å². The van der Waals surface area contributed by atoms with Gasteiger partial charge in [-0.05, 0) is 16.7 Å². The van der Waals surface area contributed by atoms with Gasteiger partial charge in [-0.3, -0.25) is 0 Å². The highest BCUT2D eigenvalue weighted by Crippen LogP contribution is 2.31. The van der Waals surface area contributed by atoms with Gasteiger partial charge < -0.3 is 28.8 Å². The molecule has 0 spiro atoms. The second-order valence-electron chi connectivity index (χ2n) is 8.28. The number of benzene rings is 3. The fourth-order valence-electron chi connectivity index (χ4n) is 4.05. The lowest BCUT2D eigenvalue weighted by Crippen LogP contribution is -2.62. The van der Waals surface area contributed by atoms with Gasteiger partial charge in [0.25, 0.3) is 0 Å². The van der Waals surface area contributed by atoms with E-state index < -0.39 is 36.7 Å². The summed E-state index contributed by atoms with van der Waals surface area (Å²) in [5.74, 6) is -1.15. The van der Waals surface area contributed by atoms with Gasteiger partial charge in [0.1, 0.15) is 18.3 Å². The van der Waals surface area contributed by atoms with Crippen molar-refractivity contribution in [3.05, 3.63) is 108 Å². The van der Waals surface area contributed by atoms with Crippen molar-refractivity contribution < 1.29 is 33.6 Å². The van der Waals surface area contributed by atoms with Gasteiger partial charge in [0.15, 0.2) is 12.4 Å². The normalized spacial score (nSPS) is 24.2. The number of carbonyl (C=O) groups is 1. The highest BCUT2D eigenvalue weighted by molar-refractivity contribution is 5.73. The standard InChI is InChI=1S/C28H30O7/c1-31-28-26(34-19-22-15-9-4-10-16-22)24(33-18-21-13-7-3-8-14-21)23(25(35-28)27(29)30)32-17-20-11-5-2-6-12-20/h2-16,23-26,28H,17-19H2,1H3,(H,29,30)/t23-,24-,25-,26-,28-/m0/s1. The van der Waals surface area contributed by atoms with Gasteiger partial charge in [-0.15, -0.1) is 0 Å². The van der Waals surface area contributed by atoms with Crippen LogP contribution in [-0.2, 0) is 48.3 Å². The van der Waals surface area contributed by atoms with Crippen molar-refractivity contribution in [2.45, 2.75) is 50.5 Å². The van der Waals surface area contributed by atoms with E-state index in [0.717, 1.165) is 16.7 Å². The van der Waals surface area contributed by atoms with Gasteiger partial charge in [0.05, 0.1) is 19.8 Å².